The number of imidazole rings is 1. The Morgan fingerprint density at radius 2 is 1.93 bits per heavy atom. The fraction of sp³-hybridized carbons (Fsp3) is 0.143. The zero-order valence-corrected chi connectivity index (χ0v) is 16.5. The van der Waals surface area contributed by atoms with Gasteiger partial charge in [-0.2, -0.15) is 0 Å². The van der Waals surface area contributed by atoms with E-state index in [0.29, 0.717) is 22.6 Å². The highest BCUT2D eigenvalue weighted by molar-refractivity contribution is 6.12. The van der Waals surface area contributed by atoms with Gasteiger partial charge in [-0.1, -0.05) is 13.8 Å². The van der Waals surface area contributed by atoms with E-state index in [0.717, 1.165) is 16.6 Å². The maximum atomic E-state index is 12.0. The van der Waals surface area contributed by atoms with Crippen molar-refractivity contribution >= 4 is 34.2 Å². The molecule has 0 spiro atoms. The van der Waals surface area contributed by atoms with E-state index in [4.69, 9.17) is 11.1 Å². The third kappa shape index (κ3) is 3.72. The first-order valence-electron chi connectivity index (χ1n) is 9.33. The van der Waals surface area contributed by atoms with Crippen LogP contribution in [0.15, 0.2) is 49.2 Å². The van der Waals surface area contributed by atoms with Crippen LogP contribution >= 0.6 is 0 Å². The van der Waals surface area contributed by atoms with Gasteiger partial charge in [0.1, 0.15) is 11.5 Å². The molecule has 0 saturated carbocycles. The molecule has 0 bridgehead atoms. The minimum atomic E-state index is -0.141. The number of amides is 1. The summed E-state index contributed by atoms with van der Waals surface area (Å²) in [5.41, 5.74) is 10.1. The highest BCUT2D eigenvalue weighted by Crippen LogP contribution is 2.25. The summed E-state index contributed by atoms with van der Waals surface area (Å²) in [4.78, 5) is 32.0. The van der Waals surface area contributed by atoms with Gasteiger partial charge in [0.05, 0.1) is 29.1 Å². The van der Waals surface area contributed by atoms with Crippen molar-refractivity contribution in [2.45, 2.75) is 13.8 Å². The number of nitrogens with two attached hydrogens (primary N) is 1. The molecule has 4 aromatic heterocycles. The smallest absolute Gasteiger partial charge is 0.226 e. The van der Waals surface area contributed by atoms with Crippen LogP contribution in [-0.4, -0.2) is 36.5 Å². The number of hydrogen-bond donors (Lipinski definition) is 4. The number of aromatic amines is 1. The van der Waals surface area contributed by atoms with Crippen molar-refractivity contribution in [2.24, 2.45) is 5.92 Å². The van der Waals surface area contributed by atoms with Crippen LogP contribution in [-0.2, 0) is 4.79 Å². The molecule has 4 aromatic rings. The van der Waals surface area contributed by atoms with Gasteiger partial charge >= 0.3 is 0 Å². The van der Waals surface area contributed by atoms with Crippen LogP contribution in [0.3, 0.4) is 0 Å². The molecule has 0 aliphatic heterocycles. The Balaban J connectivity index is 1.68. The monoisotopic (exact) mass is 400 g/mol. The number of aromatic nitrogens is 5. The maximum Gasteiger partial charge on any atom is 0.226 e. The molecule has 4 heterocycles. The lowest BCUT2D eigenvalue weighted by Crippen LogP contribution is -2.17. The van der Waals surface area contributed by atoms with E-state index in [2.05, 4.69) is 30.2 Å². The van der Waals surface area contributed by atoms with Crippen LogP contribution in [0.1, 0.15) is 25.2 Å². The lowest BCUT2D eigenvalue weighted by atomic mass is 10.0. The van der Waals surface area contributed by atoms with E-state index < -0.39 is 0 Å². The molecule has 0 radical (unpaired) electrons. The van der Waals surface area contributed by atoms with Gasteiger partial charge in [0.2, 0.25) is 5.91 Å². The maximum absolute atomic E-state index is 12.0. The molecular formula is C21H20N8O. The summed E-state index contributed by atoms with van der Waals surface area (Å²) in [6, 6.07) is 5.34. The molecule has 150 valence electrons. The molecule has 0 saturated heterocycles. The number of fused-ring (bicyclic) bond motifs is 1. The Bertz CT molecular complexity index is 1230. The second kappa shape index (κ2) is 7.70. The summed E-state index contributed by atoms with van der Waals surface area (Å²) >= 11 is 0. The number of H-pyrrole nitrogens is 1. The van der Waals surface area contributed by atoms with Gasteiger partial charge in [-0.15, -0.1) is 0 Å². The van der Waals surface area contributed by atoms with Gasteiger partial charge in [-0.05, 0) is 18.2 Å². The van der Waals surface area contributed by atoms with Crippen molar-refractivity contribution < 1.29 is 4.79 Å². The van der Waals surface area contributed by atoms with Crippen molar-refractivity contribution in [3.63, 3.8) is 0 Å². The molecule has 0 aromatic carbocycles. The predicted octanol–water partition coefficient (Wildman–Crippen LogP) is 3.01. The zero-order valence-electron chi connectivity index (χ0n) is 16.5. The van der Waals surface area contributed by atoms with Crippen molar-refractivity contribution in [1.29, 1.82) is 5.41 Å². The van der Waals surface area contributed by atoms with Gasteiger partial charge in [0.25, 0.3) is 0 Å². The summed E-state index contributed by atoms with van der Waals surface area (Å²) in [5, 5.41) is 11.4. The minimum Gasteiger partial charge on any atom is -0.383 e. The van der Waals surface area contributed by atoms with Gasteiger partial charge in [0.15, 0.2) is 5.82 Å². The number of nitrogens with zero attached hydrogens (tertiary/aromatic N) is 4. The molecule has 9 heteroatoms. The molecule has 0 fully saturated rings. The van der Waals surface area contributed by atoms with E-state index in [1.165, 1.54) is 0 Å². The molecular weight excluding hydrogens is 380 g/mol. The summed E-state index contributed by atoms with van der Waals surface area (Å²) in [7, 11) is 0. The molecule has 9 nitrogen and oxygen atoms in total. The summed E-state index contributed by atoms with van der Waals surface area (Å²) in [5.74, 6) is 0.364. The topological polar surface area (TPSA) is 146 Å². The molecule has 4 rings (SSSR count). The molecule has 0 atom stereocenters. The third-order valence-electron chi connectivity index (χ3n) is 4.57. The van der Waals surface area contributed by atoms with E-state index in [1.54, 1.807) is 49.2 Å². The Morgan fingerprint density at radius 1 is 1.13 bits per heavy atom. The van der Waals surface area contributed by atoms with E-state index in [1.807, 2.05) is 13.8 Å². The van der Waals surface area contributed by atoms with Gasteiger partial charge < -0.3 is 16.0 Å². The average molecular weight is 400 g/mol. The van der Waals surface area contributed by atoms with Crippen LogP contribution < -0.4 is 11.1 Å². The molecule has 30 heavy (non-hydrogen) atoms. The van der Waals surface area contributed by atoms with Crippen molar-refractivity contribution in [3.8, 4) is 11.1 Å². The first kappa shape index (κ1) is 19.2. The summed E-state index contributed by atoms with van der Waals surface area (Å²) < 4.78 is 0. The van der Waals surface area contributed by atoms with E-state index in [-0.39, 0.29) is 23.4 Å². The van der Waals surface area contributed by atoms with E-state index >= 15 is 0 Å². The number of rotatable bonds is 5. The average Bonchev–Trinajstić information content (AvgIpc) is 3.18. The summed E-state index contributed by atoms with van der Waals surface area (Å²) in [6.07, 6.45) is 8.16. The Kier molecular flexibility index (Phi) is 4.93. The largest absolute Gasteiger partial charge is 0.383 e. The molecule has 5 N–H and O–H groups in total. The van der Waals surface area contributed by atoms with Crippen molar-refractivity contribution in [1.82, 2.24) is 24.9 Å². The SMILES string of the molecule is CC(C)C(=O)Nc1cncc(-c2cnc(N)c(C(=N)c3nc4ccncc4[nH]3)c2)c1. The normalized spacial score (nSPS) is 11.0. The zero-order chi connectivity index (χ0) is 21.3. The fourth-order valence-electron chi connectivity index (χ4n) is 2.89. The van der Waals surface area contributed by atoms with Crippen molar-refractivity contribution in [3.05, 3.63) is 60.6 Å². The van der Waals surface area contributed by atoms with Gasteiger partial charge in [0, 0.05) is 41.2 Å². The summed E-state index contributed by atoms with van der Waals surface area (Å²) in [6.45, 7) is 3.64. The standard InChI is InChI=1S/C21H20N8O/c1-11(2)21(30)27-14-5-12(7-25-9-14)13-6-15(19(23)26-8-13)18(22)20-28-16-3-4-24-10-17(16)29-20/h3-11,22H,1-2H3,(H2,23,26)(H,27,30)(H,28,29). The van der Waals surface area contributed by atoms with Crippen LogP contribution in [0.4, 0.5) is 11.5 Å². The highest BCUT2D eigenvalue weighted by atomic mass is 16.1. The number of nitrogens with one attached hydrogen (secondary N) is 3. The number of pyridine rings is 3. The lowest BCUT2D eigenvalue weighted by Gasteiger charge is -2.10. The number of anilines is 2. The Hall–Kier alpha value is -4.14. The number of nitrogen functional groups attached to an aromatic ring is 1. The van der Waals surface area contributed by atoms with Crippen molar-refractivity contribution in [2.75, 3.05) is 11.1 Å². The molecule has 1 amide bonds. The third-order valence-corrected chi connectivity index (χ3v) is 4.57. The minimum absolute atomic E-state index is 0.0915. The van der Waals surface area contributed by atoms with Crippen LogP contribution in [0.5, 0.6) is 0 Å². The van der Waals surface area contributed by atoms with Crippen LogP contribution in [0.25, 0.3) is 22.2 Å². The second-order valence-electron chi connectivity index (χ2n) is 7.12. The lowest BCUT2D eigenvalue weighted by molar-refractivity contribution is -0.118. The van der Waals surface area contributed by atoms with Crippen LogP contribution in [0.2, 0.25) is 0 Å². The molecule has 0 aliphatic carbocycles. The Labute approximate surface area is 172 Å². The van der Waals surface area contributed by atoms with Gasteiger partial charge in [-0.3, -0.25) is 20.2 Å². The Morgan fingerprint density at radius 3 is 2.70 bits per heavy atom. The number of carbonyl (C=O) groups is 1. The molecule has 0 aliphatic rings. The molecule has 0 unspecified atom stereocenters. The highest BCUT2D eigenvalue weighted by Gasteiger charge is 2.16. The number of carbonyl (C=O) groups excluding carboxylic acids is 1. The quantitative estimate of drug-likeness (QED) is 0.379. The van der Waals surface area contributed by atoms with Crippen LogP contribution in [0, 0.1) is 11.3 Å². The fourth-order valence-corrected chi connectivity index (χ4v) is 2.89. The second-order valence-corrected chi connectivity index (χ2v) is 7.12. The first-order chi connectivity index (χ1) is 14.4. The predicted molar refractivity (Wildman–Crippen MR) is 115 cm³/mol. The van der Waals surface area contributed by atoms with Gasteiger partial charge in [-0.25, -0.2) is 9.97 Å². The first-order valence-corrected chi connectivity index (χ1v) is 9.33. The number of hydrogen-bond acceptors (Lipinski definition) is 7. The van der Waals surface area contributed by atoms with E-state index in [9.17, 15) is 4.79 Å².